The molecule has 1 fully saturated rings. The Morgan fingerprint density at radius 1 is 1.15 bits per heavy atom. The molecular formula is C14H13BrO5. The first-order valence-electron chi connectivity index (χ1n) is 6.03. The van der Waals surface area contributed by atoms with Gasteiger partial charge in [-0.1, -0.05) is 28.1 Å². The molecule has 0 aliphatic carbocycles. The minimum Gasteiger partial charge on any atom is -0.422 e. The van der Waals surface area contributed by atoms with Gasteiger partial charge < -0.3 is 9.47 Å². The maximum Gasteiger partial charge on any atom is 0.324 e. The first-order chi connectivity index (χ1) is 9.28. The average Bonchev–Trinajstić information content (AvgIpc) is 2.33. The van der Waals surface area contributed by atoms with Crippen molar-refractivity contribution in [2.45, 2.75) is 26.1 Å². The number of carbonyl (C=O) groups is 3. The van der Waals surface area contributed by atoms with Crippen molar-refractivity contribution >= 4 is 33.7 Å². The van der Waals surface area contributed by atoms with Crippen LogP contribution in [0, 0.1) is 5.92 Å². The Hall–Kier alpha value is -1.69. The highest BCUT2D eigenvalue weighted by molar-refractivity contribution is 9.10. The molecule has 1 aliphatic heterocycles. The van der Waals surface area contributed by atoms with Gasteiger partial charge in [-0.05, 0) is 12.1 Å². The smallest absolute Gasteiger partial charge is 0.324 e. The molecule has 0 unspecified atom stereocenters. The molecule has 1 heterocycles. The van der Waals surface area contributed by atoms with Crippen molar-refractivity contribution in [3.05, 3.63) is 34.3 Å². The summed E-state index contributed by atoms with van der Waals surface area (Å²) in [6, 6.07) is 6.67. The molecule has 106 valence electrons. The molecule has 0 atom stereocenters. The van der Waals surface area contributed by atoms with Crippen LogP contribution in [0.5, 0.6) is 0 Å². The predicted molar refractivity (Wildman–Crippen MR) is 72.8 cm³/mol. The van der Waals surface area contributed by atoms with Crippen molar-refractivity contribution in [1.82, 2.24) is 0 Å². The summed E-state index contributed by atoms with van der Waals surface area (Å²) in [7, 11) is 0. The van der Waals surface area contributed by atoms with E-state index < -0.39 is 23.6 Å². The highest BCUT2D eigenvalue weighted by Crippen LogP contribution is 2.26. The monoisotopic (exact) mass is 340 g/mol. The zero-order valence-corrected chi connectivity index (χ0v) is 12.6. The van der Waals surface area contributed by atoms with Crippen LogP contribution in [0.4, 0.5) is 0 Å². The van der Waals surface area contributed by atoms with Crippen molar-refractivity contribution in [2.75, 3.05) is 0 Å². The number of halogens is 1. The van der Waals surface area contributed by atoms with E-state index in [2.05, 4.69) is 15.9 Å². The summed E-state index contributed by atoms with van der Waals surface area (Å²) in [5.41, 5.74) is 0.429. The van der Waals surface area contributed by atoms with Gasteiger partial charge in [0.25, 0.3) is 5.79 Å². The maximum atomic E-state index is 12.0. The van der Waals surface area contributed by atoms with Gasteiger partial charge in [0.15, 0.2) is 11.7 Å². The van der Waals surface area contributed by atoms with Gasteiger partial charge in [-0.2, -0.15) is 0 Å². The van der Waals surface area contributed by atoms with Gasteiger partial charge in [-0.25, -0.2) is 0 Å². The van der Waals surface area contributed by atoms with E-state index in [1.54, 1.807) is 24.3 Å². The third kappa shape index (κ3) is 3.25. The summed E-state index contributed by atoms with van der Waals surface area (Å²) in [6.07, 6.45) is -0.255. The summed E-state index contributed by atoms with van der Waals surface area (Å²) in [5.74, 6) is -4.23. The molecule has 0 radical (unpaired) electrons. The minimum atomic E-state index is -1.27. The molecule has 1 aliphatic rings. The molecule has 0 spiro atoms. The third-order valence-electron chi connectivity index (χ3n) is 2.82. The number of benzene rings is 1. The number of hydrogen-bond acceptors (Lipinski definition) is 5. The molecule has 0 amide bonds. The second-order valence-electron chi connectivity index (χ2n) is 4.93. The number of ether oxygens (including phenoxy) is 2. The van der Waals surface area contributed by atoms with Gasteiger partial charge >= 0.3 is 11.9 Å². The van der Waals surface area contributed by atoms with Gasteiger partial charge in [0.1, 0.15) is 0 Å². The van der Waals surface area contributed by atoms with E-state index >= 15 is 0 Å². The molecule has 1 saturated heterocycles. The third-order valence-corrected chi connectivity index (χ3v) is 3.35. The van der Waals surface area contributed by atoms with Crippen LogP contribution >= 0.6 is 15.9 Å². The number of ketones is 1. The first kappa shape index (κ1) is 14.7. The number of carbonyl (C=O) groups excluding carboxylic acids is 3. The standard InChI is InChI=1S/C14H13BrO5/c1-14(2)19-12(17)10(13(18)20-14)7-11(16)8-3-5-9(15)6-4-8/h3-6,10H,7H2,1-2H3. The van der Waals surface area contributed by atoms with E-state index in [9.17, 15) is 14.4 Å². The molecule has 6 heteroatoms. The summed E-state index contributed by atoms with van der Waals surface area (Å²) in [5, 5.41) is 0. The predicted octanol–water partition coefficient (Wildman–Crippen LogP) is 2.47. The zero-order valence-electron chi connectivity index (χ0n) is 11.0. The van der Waals surface area contributed by atoms with Gasteiger partial charge in [0.05, 0.1) is 0 Å². The molecular weight excluding hydrogens is 328 g/mol. The van der Waals surface area contributed by atoms with Crippen molar-refractivity contribution < 1.29 is 23.9 Å². The van der Waals surface area contributed by atoms with Crippen LogP contribution in [0.1, 0.15) is 30.6 Å². The van der Waals surface area contributed by atoms with Crippen LogP contribution < -0.4 is 0 Å². The van der Waals surface area contributed by atoms with Gasteiger partial charge in [0.2, 0.25) is 0 Å². The lowest BCUT2D eigenvalue weighted by Crippen LogP contribution is -2.46. The van der Waals surface area contributed by atoms with E-state index in [0.717, 1.165) is 4.47 Å². The number of rotatable bonds is 3. The normalized spacial score (nSPS) is 18.4. The van der Waals surface area contributed by atoms with E-state index in [4.69, 9.17) is 9.47 Å². The molecule has 0 bridgehead atoms. The average molecular weight is 341 g/mol. The fourth-order valence-corrected chi connectivity index (χ4v) is 2.11. The van der Waals surface area contributed by atoms with Gasteiger partial charge in [-0.3, -0.25) is 14.4 Å². The van der Waals surface area contributed by atoms with Crippen LogP contribution in [-0.2, 0) is 19.1 Å². The fraction of sp³-hybridized carbons (Fsp3) is 0.357. The van der Waals surface area contributed by atoms with Crippen molar-refractivity contribution in [1.29, 1.82) is 0 Å². The van der Waals surface area contributed by atoms with Crippen molar-refractivity contribution in [3.8, 4) is 0 Å². The lowest BCUT2D eigenvalue weighted by molar-refractivity contribution is -0.239. The summed E-state index contributed by atoms with van der Waals surface area (Å²) < 4.78 is 10.8. The van der Waals surface area contributed by atoms with Crippen LogP contribution in [0.2, 0.25) is 0 Å². The summed E-state index contributed by atoms with van der Waals surface area (Å²) in [6.45, 7) is 2.94. The Morgan fingerprint density at radius 2 is 1.65 bits per heavy atom. The number of cyclic esters (lactones) is 2. The molecule has 0 N–H and O–H groups in total. The minimum absolute atomic E-state index is 0.255. The first-order valence-corrected chi connectivity index (χ1v) is 6.82. The Bertz CT molecular complexity index is 541. The Kier molecular flexibility index (Phi) is 3.94. The molecule has 0 saturated carbocycles. The largest absolute Gasteiger partial charge is 0.422 e. The molecule has 1 aromatic carbocycles. The molecule has 2 rings (SSSR count). The fourth-order valence-electron chi connectivity index (χ4n) is 1.85. The van der Waals surface area contributed by atoms with E-state index in [-0.39, 0.29) is 12.2 Å². The number of hydrogen-bond donors (Lipinski definition) is 0. The Morgan fingerprint density at radius 3 is 2.15 bits per heavy atom. The van der Waals surface area contributed by atoms with E-state index in [1.165, 1.54) is 13.8 Å². The van der Waals surface area contributed by atoms with Crippen LogP contribution in [-0.4, -0.2) is 23.5 Å². The zero-order chi connectivity index (χ0) is 14.9. The SMILES string of the molecule is CC1(C)OC(=O)C(CC(=O)c2ccc(Br)cc2)C(=O)O1. The van der Waals surface area contributed by atoms with E-state index in [0.29, 0.717) is 5.56 Å². The topological polar surface area (TPSA) is 69.7 Å². The van der Waals surface area contributed by atoms with Crippen molar-refractivity contribution in [3.63, 3.8) is 0 Å². The quantitative estimate of drug-likeness (QED) is 0.480. The summed E-state index contributed by atoms with van der Waals surface area (Å²) >= 11 is 3.27. The van der Waals surface area contributed by atoms with Crippen LogP contribution in [0.25, 0.3) is 0 Å². The Balaban J connectivity index is 2.10. The molecule has 5 nitrogen and oxygen atoms in total. The van der Waals surface area contributed by atoms with Gasteiger partial charge in [-0.15, -0.1) is 0 Å². The number of Topliss-reactive ketones (excluding diaryl/α,β-unsaturated/α-hetero) is 1. The number of esters is 2. The molecule has 0 aromatic heterocycles. The molecule has 1 aromatic rings. The molecule has 20 heavy (non-hydrogen) atoms. The highest BCUT2D eigenvalue weighted by Gasteiger charge is 2.44. The van der Waals surface area contributed by atoms with Crippen LogP contribution in [0.3, 0.4) is 0 Å². The second kappa shape index (κ2) is 5.36. The lowest BCUT2D eigenvalue weighted by atomic mass is 9.97. The van der Waals surface area contributed by atoms with Crippen LogP contribution in [0.15, 0.2) is 28.7 Å². The van der Waals surface area contributed by atoms with Crippen molar-refractivity contribution in [2.24, 2.45) is 5.92 Å². The maximum absolute atomic E-state index is 12.0. The second-order valence-corrected chi connectivity index (χ2v) is 5.84. The van der Waals surface area contributed by atoms with E-state index in [1.807, 2.05) is 0 Å². The highest BCUT2D eigenvalue weighted by atomic mass is 79.9. The lowest BCUT2D eigenvalue weighted by Gasteiger charge is -2.32. The summed E-state index contributed by atoms with van der Waals surface area (Å²) in [4.78, 5) is 35.6. The Labute approximate surface area is 124 Å². The van der Waals surface area contributed by atoms with Gasteiger partial charge in [0, 0.05) is 30.3 Å².